The van der Waals surface area contributed by atoms with Crippen LogP contribution in [0.5, 0.6) is 0 Å². The minimum absolute atomic E-state index is 0.562. The van der Waals surface area contributed by atoms with E-state index in [0.29, 0.717) is 6.04 Å². The molecule has 1 fully saturated rings. The zero-order valence-electron chi connectivity index (χ0n) is 12.4. The van der Waals surface area contributed by atoms with E-state index in [1.807, 2.05) is 12.4 Å². The fourth-order valence-electron chi connectivity index (χ4n) is 2.64. The van der Waals surface area contributed by atoms with E-state index in [-0.39, 0.29) is 0 Å². The zero-order valence-corrected chi connectivity index (χ0v) is 12.4. The summed E-state index contributed by atoms with van der Waals surface area (Å²) in [7, 11) is 0. The summed E-state index contributed by atoms with van der Waals surface area (Å²) >= 11 is 0. The van der Waals surface area contributed by atoms with E-state index in [0.717, 1.165) is 43.5 Å². The van der Waals surface area contributed by atoms with Crippen molar-refractivity contribution < 1.29 is 0 Å². The Morgan fingerprint density at radius 2 is 2.16 bits per heavy atom. The van der Waals surface area contributed by atoms with Crippen molar-refractivity contribution in [3.63, 3.8) is 0 Å². The van der Waals surface area contributed by atoms with Gasteiger partial charge in [-0.05, 0) is 38.6 Å². The molecule has 1 saturated heterocycles. The molecule has 2 rings (SSSR count). The predicted octanol–water partition coefficient (Wildman–Crippen LogP) is 2.60. The molecule has 106 valence electrons. The van der Waals surface area contributed by atoms with Gasteiger partial charge in [-0.25, -0.2) is 4.98 Å². The smallest absolute Gasteiger partial charge is 0.147 e. The Morgan fingerprint density at radius 1 is 1.32 bits per heavy atom. The largest absolute Gasteiger partial charge is 0.352 e. The van der Waals surface area contributed by atoms with Crippen LogP contribution in [0.15, 0.2) is 12.4 Å². The van der Waals surface area contributed by atoms with Crippen LogP contribution in [0.2, 0.25) is 0 Å². The number of nitrogens with one attached hydrogen (secondary N) is 1. The van der Waals surface area contributed by atoms with Gasteiger partial charge in [0.2, 0.25) is 0 Å². The summed E-state index contributed by atoms with van der Waals surface area (Å²) in [4.78, 5) is 11.5. The zero-order chi connectivity index (χ0) is 13.7. The molecule has 4 nitrogen and oxygen atoms in total. The molecule has 1 aromatic rings. The van der Waals surface area contributed by atoms with Gasteiger partial charge in [0.1, 0.15) is 5.82 Å². The standard InChI is InChI=1S/C15H26N4/c1-4-7-16-9-14-10-18-15(11-17-14)19-8-5-6-12(2)13(19)3/h10-13,16H,4-9H2,1-3H3. The van der Waals surface area contributed by atoms with E-state index < -0.39 is 0 Å². The molecule has 19 heavy (non-hydrogen) atoms. The molecule has 2 atom stereocenters. The first kappa shape index (κ1) is 14.3. The number of piperidine rings is 1. The Bertz CT molecular complexity index is 376. The molecule has 1 aliphatic heterocycles. The van der Waals surface area contributed by atoms with E-state index in [1.165, 1.54) is 12.8 Å². The predicted molar refractivity (Wildman–Crippen MR) is 79.2 cm³/mol. The number of hydrogen-bond donors (Lipinski definition) is 1. The van der Waals surface area contributed by atoms with Crippen molar-refractivity contribution in [3.05, 3.63) is 18.1 Å². The molecule has 0 aromatic carbocycles. The number of aromatic nitrogens is 2. The second-order valence-electron chi connectivity index (χ2n) is 5.60. The van der Waals surface area contributed by atoms with Crippen LogP contribution in [0.4, 0.5) is 5.82 Å². The summed E-state index contributed by atoms with van der Waals surface area (Å²) in [5.41, 5.74) is 1.02. The first-order valence-corrected chi connectivity index (χ1v) is 7.50. The summed E-state index contributed by atoms with van der Waals surface area (Å²) in [6.07, 6.45) is 7.56. The van der Waals surface area contributed by atoms with Crippen molar-refractivity contribution in [1.29, 1.82) is 0 Å². The van der Waals surface area contributed by atoms with Gasteiger partial charge in [0.15, 0.2) is 0 Å². The molecule has 2 unspecified atom stereocenters. The quantitative estimate of drug-likeness (QED) is 0.828. The molecule has 1 N–H and O–H groups in total. The maximum Gasteiger partial charge on any atom is 0.147 e. The van der Waals surface area contributed by atoms with Crippen LogP contribution in [0.3, 0.4) is 0 Å². The van der Waals surface area contributed by atoms with Gasteiger partial charge in [0.25, 0.3) is 0 Å². The molecule has 0 bridgehead atoms. The lowest BCUT2D eigenvalue weighted by Gasteiger charge is -2.38. The monoisotopic (exact) mass is 262 g/mol. The topological polar surface area (TPSA) is 41.1 Å². The summed E-state index contributed by atoms with van der Waals surface area (Å²) in [5, 5.41) is 3.35. The fourth-order valence-corrected chi connectivity index (χ4v) is 2.64. The van der Waals surface area contributed by atoms with Crippen LogP contribution in [-0.4, -0.2) is 29.1 Å². The van der Waals surface area contributed by atoms with E-state index in [1.54, 1.807) is 0 Å². The molecule has 0 radical (unpaired) electrons. The van der Waals surface area contributed by atoms with Gasteiger partial charge in [0, 0.05) is 19.1 Å². The average Bonchev–Trinajstić information content (AvgIpc) is 2.43. The highest BCUT2D eigenvalue weighted by Gasteiger charge is 2.25. The third-order valence-electron chi connectivity index (χ3n) is 4.09. The molecule has 4 heteroatoms. The van der Waals surface area contributed by atoms with Crippen LogP contribution in [0.1, 0.15) is 45.7 Å². The molecule has 0 amide bonds. The number of anilines is 1. The Balaban J connectivity index is 1.97. The molecule has 1 aromatic heterocycles. The minimum Gasteiger partial charge on any atom is -0.352 e. The lowest BCUT2D eigenvalue weighted by molar-refractivity contribution is 0.361. The first-order chi connectivity index (χ1) is 9.22. The summed E-state index contributed by atoms with van der Waals surface area (Å²) in [5.74, 6) is 1.76. The van der Waals surface area contributed by atoms with Crippen molar-refractivity contribution in [3.8, 4) is 0 Å². The molecule has 0 aliphatic carbocycles. The SMILES string of the molecule is CCCNCc1cnc(N2CCCC(C)C2C)cn1. The van der Waals surface area contributed by atoms with E-state index in [2.05, 4.69) is 41.0 Å². The van der Waals surface area contributed by atoms with Crippen molar-refractivity contribution in [2.24, 2.45) is 5.92 Å². The molecule has 0 spiro atoms. The van der Waals surface area contributed by atoms with Gasteiger partial charge in [-0.3, -0.25) is 4.98 Å². The van der Waals surface area contributed by atoms with Crippen LogP contribution < -0.4 is 10.2 Å². The lowest BCUT2D eigenvalue weighted by atomic mass is 9.92. The summed E-state index contributed by atoms with van der Waals surface area (Å²) in [6, 6.07) is 0.562. The van der Waals surface area contributed by atoms with Crippen molar-refractivity contribution in [2.45, 2.75) is 52.6 Å². The third-order valence-corrected chi connectivity index (χ3v) is 4.09. The van der Waals surface area contributed by atoms with Gasteiger partial charge >= 0.3 is 0 Å². The highest BCUT2D eigenvalue weighted by molar-refractivity contribution is 5.38. The Kier molecular flexibility index (Phi) is 5.14. The third kappa shape index (κ3) is 3.66. The Hall–Kier alpha value is -1.16. The van der Waals surface area contributed by atoms with Crippen molar-refractivity contribution in [1.82, 2.24) is 15.3 Å². The van der Waals surface area contributed by atoms with Gasteiger partial charge in [0.05, 0.1) is 18.1 Å². The van der Waals surface area contributed by atoms with Crippen molar-refractivity contribution >= 4 is 5.82 Å². The normalized spacial score (nSPS) is 23.6. The molecule has 2 heterocycles. The van der Waals surface area contributed by atoms with Crippen LogP contribution >= 0.6 is 0 Å². The first-order valence-electron chi connectivity index (χ1n) is 7.50. The van der Waals surface area contributed by atoms with Crippen LogP contribution in [0.25, 0.3) is 0 Å². The van der Waals surface area contributed by atoms with E-state index in [9.17, 15) is 0 Å². The maximum atomic E-state index is 4.59. The van der Waals surface area contributed by atoms with E-state index in [4.69, 9.17) is 0 Å². The van der Waals surface area contributed by atoms with Crippen molar-refractivity contribution in [2.75, 3.05) is 18.0 Å². The lowest BCUT2D eigenvalue weighted by Crippen LogP contribution is -2.43. The number of nitrogens with zero attached hydrogens (tertiary/aromatic N) is 3. The maximum absolute atomic E-state index is 4.59. The number of rotatable bonds is 5. The van der Waals surface area contributed by atoms with Gasteiger partial charge in [-0.15, -0.1) is 0 Å². The van der Waals surface area contributed by atoms with Gasteiger partial charge < -0.3 is 10.2 Å². The van der Waals surface area contributed by atoms with Gasteiger partial charge in [-0.1, -0.05) is 13.8 Å². The van der Waals surface area contributed by atoms with E-state index >= 15 is 0 Å². The summed E-state index contributed by atoms with van der Waals surface area (Å²) in [6.45, 7) is 9.74. The molecule has 1 aliphatic rings. The molecule has 0 saturated carbocycles. The fraction of sp³-hybridized carbons (Fsp3) is 0.733. The number of hydrogen-bond acceptors (Lipinski definition) is 4. The Labute approximate surface area is 116 Å². The van der Waals surface area contributed by atoms with Crippen LogP contribution in [-0.2, 0) is 6.54 Å². The minimum atomic E-state index is 0.562. The van der Waals surface area contributed by atoms with Gasteiger partial charge in [-0.2, -0.15) is 0 Å². The Morgan fingerprint density at radius 3 is 2.84 bits per heavy atom. The second-order valence-corrected chi connectivity index (χ2v) is 5.60. The highest BCUT2D eigenvalue weighted by atomic mass is 15.2. The second kappa shape index (κ2) is 6.85. The average molecular weight is 262 g/mol. The highest BCUT2D eigenvalue weighted by Crippen LogP contribution is 2.26. The van der Waals surface area contributed by atoms with Crippen LogP contribution in [0, 0.1) is 5.92 Å². The molecular formula is C15H26N4. The summed E-state index contributed by atoms with van der Waals surface area (Å²) < 4.78 is 0. The molecular weight excluding hydrogens is 236 g/mol.